The fourth-order valence-electron chi connectivity index (χ4n) is 3.61. The van der Waals surface area contributed by atoms with E-state index in [0.29, 0.717) is 0 Å². The minimum Gasteiger partial charge on any atom is -0.480 e. The molecule has 0 rings (SSSR count). The standard InChI is InChI=1S/C27H47N9O14/c1-10(33-15(41)6-31-25(47)20(12(3)38)35-17(43)8-30-24(46)19(28)11(2)37)23(45)29-7-16(42)34-21(13(4)39)26(48)32-9-18(44)36-22(14(5)40)27(49)50/h10-14,19-22,37-40H,6-9,28H2,1-5H3,(H,29,45)(H,30,46)(H,31,47)(H,32,48)(H,33,41)(H,34,42)(H,35,43)(H,36,44)(H,49,50)/t10-,11+,12+,13+,14+,19-,20-,21-,22-/m0/s1. The molecule has 0 spiro atoms. The number of carbonyl (C=O) groups is 9. The summed E-state index contributed by atoms with van der Waals surface area (Å²) in [4.78, 5) is 109. The van der Waals surface area contributed by atoms with Crippen LogP contribution in [0.3, 0.4) is 0 Å². The lowest BCUT2D eigenvalue weighted by Gasteiger charge is -2.22. The van der Waals surface area contributed by atoms with Crippen molar-refractivity contribution in [3.8, 4) is 0 Å². The van der Waals surface area contributed by atoms with Crippen molar-refractivity contribution in [2.75, 3.05) is 26.2 Å². The molecular weight excluding hydrogens is 674 g/mol. The Balaban J connectivity index is 4.83. The number of carboxylic acids is 1. The largest absolute Gasteiger partial charge is 0.480 e. The van der Waals surface area contributed by atoms with Crippen molar-refractivity contribution in [2.24, 2.45) is 5.73 Å². The van der Waals surface area contributed by atoms with Crippen LogP contribution < -0.4 is 48.3 Å². The van der Waals surface area contributed by atoms with Crippen LogP contribution in [0.1, 0.15) is 34.6 Å². The van der Waals surface area contributed by atoms with Gasteiger partial charge in [-0.05, 0) is 34.6 Å². The monoisotopic (exact) mass is 721 g/mol. The molecular formula is C27H47N9O14. The van der Waals surface area contributed by atoms with Crippen molar-refractivity contribution in [3.63, 3.8) is 0 Å². The summed E-state index contributed by atoms with van der Waals surface area (Å²) in [5.74, 6) is -9.03. The molecule has 0 unspecified atom stereocenters. The van der Waals surface area contributed by atoms with Gasteiger partial charge in [0.1, 0.15) is 24.2 Å². The third kappa shape index (κ3) is 16.9. The Morgan fingerprint density at radius 2 is 0.760 bits per heavy atom. The molecule has 0 aromatic heterocycles. The molecule has 0 aliphatic heterocycles. The highest BCUT2D eigenvalue weighted by atomic mass is 16.4. The molecule has 23 nitrogen and oxygen atoms in total. The second-order valence-corrected chi connectivity index (χ2v) is 11.1. The van der Waals surface area contributed by atoms with Crippen LogP contribution in [0.25, 0.3) is 0 Å². The van der Waals surface area contributed by atoms with Crippen LogP contribution >= 0.6 is 0 Å². The van der Waals surface area contributed by atoms with E-state index >= 15 is 0 Å². The number of carbonyl (C=O) groups excluding carboxylic acids is 8. The third-order valence-electron chi connectivity index (χ3n) is 6.51. The molecule has 0 aromatic carbocycles. The molecule has 15 N–H and O–H groups in total. The van der Waals surface area contributed by atoms with E-state index in [1.807, 2.05) is 5.32 Å². The van der Waals surface area contributed by atoms with Gasteiger partial charge in [-0.15, -0.1) is 0 Å². The molecule has 0 fully saturated rings. The minimum absolute atomic E-state index is 0.644. The van der Waals surface area contributed by atoms with Crippen LogP contribution in [0.5, 0.6) is 0 Å². The van der Waals surface area contributed by atoms with E-state index in [9.17, 15) is 63.6 Å². The van der Waals surface area contributed by atoms with E-state index < -0.39 is 134 Å². The maximum absolute atomic E-state index is 12.5. The molecule has 284 valence electrons. The first-order valence-electron chi connectivity index (χ1n) is 15.1. The van der Waals surface area contributed by atoms with Gasteiger partial charge in [-0.1, -0.05) is 0 Å². The predicted octanol–water partition coefficient (Wildman–Crippen LogP) is -8.65. The number of rotatable bonds is 21. The van der Waals surface area contributed by atoms with E-state index in [4.69, 9.17) is 10.8 Å². The first kappa shape index (κ1) is 45.0. The molecule has 0 saturated heterocycles. The summed E-state index contributed by atoms with van der Waals surface area (Å²) in [5, 5.41) is 64.6. The van der Waals surface area contributed by atoms with Crippen molar-refractivity contribution >= 4 is 53.2 Å². The van der Waals surface area contributed by atoms with Gasteiger partial charge in [0.15, 0.2) is 6.04 Å². The van der Waals surface area contributed by atoms with E-state index in [-0.39, 0.29) is 0 Å². The highest BCUT2D eigenvalue weighted by Gasteiger charge is 2.30. The third-order valence-corrected chi connectivity index (χ3v) is 6.51. The molecule has 23 heteroatoms. The van der Waals surface area contributed by atoms with Gasteiger partial charge in [0, 0.05) is 0 Å². The number of nitrogens with two attached hydrogens (primary N) is 1. The molecule has 0 bridgehead atoms. The topological polar surface area (TPSA) is 377 Å². The highest BCUT2D eigenvalue weighted by Crippen LogP contribution is 1.97. The second kappa shape index (κ2) is 21.9. The summed E-state index contributed by atoms with van der Waals surface area (Å²) in [6.07, 6.45) is -5.58. The van der Waals surface area contributed by atoms with E-state index in [2.05, 4.69) is 37.2 Å². The lowest BCUT2D eigenvalue weighted by molar-refractivity contribution is -0.144. The van der Waals surface area contributed by atoms with Crippen LogP contribution in [-0.4, -0.2) is 160 Å². The molecule has 0 radical (unpaired) electrons. The van der Waals surface area contributed by atoms with Gasteiger partial charge in [0.05, 0.1) is 50.6 Å². The average Bonchev–Trinajstić information content (AvgIpc) is 3.02. The van der Waals surface area contributed by atoms with Crippen LogP contribution in [0.2, 0.25) is 0 Å². The van der Waals surface area contributed by atoms with Crippen LogP contribution in [-0.2, 0) is 43.2 Å². The van der Waals surface area contributed by atoms with Gasteiger partial charge in [-0.25, -0.2) is 4.79 Å². The van der Waals surface area contributed by atoms with Crippen LogP contribution in [0.4, 0.5) is 0 Å². The highest BCUT2D eigenvalue weighted by molar-refractivity contribution is 5.95. The second-order valence-electron chi connectivity index (χ2n) is 11.1. The minimum atomic E-state index is -1.65. The number of carboxylic acid groups (broad SMARTS) is 1. The summed E-state index contributed by atoms with van der Waals surface area (Å²) in [6, 6.07) is -7.39. The number of aliphatic hydroxyl groups is 4. The molecule has 0 aliphatic carbocycles. The number of aliphatic carboxylic acids is 1. The molecule has 0 heterocycles. The molecule has 50 heavy (non-hydrogen) atoms. The molecule has 9 atom stereocenters. The predicted molar refractivity (Wildman–Crippen MR) is 168 cm³/mol. The van der Waals surface area contributed by atoms with Gasteiger partial charge < -0.3 is 73.8 Å². The van der Waals surface area contributed by atoms with Gasteiger partial charge in [0.2, 0.25) is 47.3 Å². The van der Waals surface area contributed by atoms with Crippen molar-refractivity contribution in [2.45, 2.75) is 89.2 Å². The van der Waals surface area contributed by atoms with E-state index in [1.165, 1.54) is 20.8 Å². The number of amides is 8. The number of nitrogens with one attached hydrogen (secondary N) is 8. The van der Waals surface area contributed by atoms with E-state index in [0.717, 1.165) is 13.8 Å². The van der Waals surface area contributed by atoms with Crippen LogP contribution in [0.15, 0.2) is 0 Å². The Labute approximate surface area is 285 Å². The Kier molecular flexibility index (Phi) is 19.7. The molecule has 0 saturated carbocycles. The SMILES string of the molecule is C[C@H](NC(=O)CNC(=O)[C@@H](NC(=O)CNC(=O)[C@@H](N)[C@@H](C)O)[C@@H](C)O)C(=O)NCC(=O)N[C@H](C(=O)NCC(=O)N[C@H](C(=O)O)[C@@H](C)O)[C@@H](C)O. The fraction of sp³-hybridized carbons (Fsp3) is 0.667. The maximum atomic E-state index is 12.5. The lowest BCUT2D eigenvalue weighted by atomic mass is 10.1. The smallest absolute Gasteiger partial charge is 0.328 e. The number of hydrogen-bond acceptors (Lipinski definition) is 14. The molecule has 0 aromatic rings. The Morgan fingerprint density at radius 3 is 1.08 bits per heavy atom. The van der Waals surface area contributed by atoms with E-state index in [1.54, 1.807) is 0 Å². The fourth-order valence-corrected chi connectivity index (χ4v) is 3.61. The Hall–Kier alpha value is -4.97. The first-order chi connectivity index (χ1) is 23.1. The van der Waals surface area contributed by atoms with Crippen LogP contribution in [0, 0.1) is 0 Å². The number of aliphatic hydroxyl groups excluding tert-OH is 4. The van der Waals surface area contributed by atoms with Crippen molar-refractivity contribution in [1.29, 1.82) is 0 Å². The zero-order valence-corrected chi connectivity index (χ0v) is 28.0. The molecule has 8 amide bonds. The van der Waals surface area contributed by atoms with Gasteiger partial charge in [-0.2, -0.15) is 0 Å². The maximum Gasteiger partial charge on any atom is 0.328 e. The van der Waals surface area contributed by atoms with Crippen molar-refractivity contribution in [3.05, 3.63) is 0 Å². The zero-order chi connectivity index (χ0) is 38.9. The molecule has 0 aliphatic rings. The Bertz CT molecular complexity index is 1240. The van der Waals surface area contributed by atoms with Crippen molar-refractivity contribution < 1.29 is 68.7 Å². The zero-order valence-electron chi connectivity index (χ0n) is 28.0. The van der Waals surface area contributed by atoms with Crippen molar-refractivity contribution in [1.82, 2.24) is 42.5 Å². The summed E-state index contributed by atoms with van der Waals surface area (Å²) >= 11 is 0. The van der Waals surface area contributed by atoms with Gasteiger partial charge in [0.25, 0.3) is 0 Å². The van der Waals surface area contributed by atoms with Gasteiger partial charge >= 0.3 is 5.97 Å². The summed E-state index contributed by atoms with van der Waals surface area (Å²) in [6.45, 7) is 3.07. The average molecular weight is 722 g/mol. The summed E-state index contributed by atoms with van der Waals surface area (Å²) < 4.78 is 0. The Morgan fingerprint density at radius 1 is 0.460 bits per heavy atom. The quantitative estimate of drug-likeness (QED) is 0.0523. The number of hydrogen-bond donors (Lipinski definition) is 14. The normalized spacial score (nSPS) is 16.2. The summed E-state index contributed by atoms with van der Waals surface area (Å²) in [7, 11) is 0. The lowest BCUT2D eigenvalue weighted by Crippen LogP contribution is -2.57. The first-order valence-corrected chi connectivity index (χ1v) is 15.1. The summed E-state index contributed by atoms with van der Waals surface area (Å²) in [5.41, 5.74) is 5.44. The van der Waals surface area contributed by atoms with Gasteiger partial charge in [-0.3, -0.25) is 38.4 Å².